The van der Waals surface area contributed by atoms with Crippen molar-refractivity contribution in [2.24, 2.45) is 0 Å². The predicted molar refractivity (Wildman–Crippen MR) is 148 cm³/mol. The van der Waals surface area contributed by atoms with Crippen LogP contribution < -0.4 is 15.9 Å². The van der Waals surface area contributed by atoms with E-state index in [1.54, 1.807) is 43.5 Å². The van der Waals surface area contributed by atoms with Crippen LogP contribution in [-0.4, -0.2) is 13.0 Å². The van der Waals surface area contributed by atoms with Gasteiger partial charge in [0.15, 0.2) is 5.85 Å². The highest BCUT2D eigenvalue weighted by molar-refractivity contribution is 7.96. The van der Waals surface area contributed by atoms with Crippen LogP contribution in [0.3, 0.4) is 0 Å². The Morgan fingerprint density at radius 3 is 1.22 bits per heavy atom. The Balaban J connectivity index is 1.92. The third-order valence-corrected chi connectivity index (χ3v) is 11.6. The number of methoxy groups -OCH3 is 1. The van der Waals surface area contributed by atoms with Crippen LogP contribution in [0.2, 0.25) is 0 Å². The zero-order chi connectivity index (χ0) is 25.8. The summed E-state index contributed by atoms with van der Waals surface area (Å²) in [7, 11) is -0.807. The molecule has 5 heteroatoms. The first-order valence-electron chi connectivity index (χ1n) is 13.2. The number of ether oxygens (including phenoxy) is 1. The predicted octanol–water partition coefficient (Wildman–Crippen LogP) is 8.29. The fourth-order valence-corrected chi connectivity index (χ4v) is 9.71. The first-order chi connectivity index (χ1) is 17.5. The quantitative estimate of drug-likeness (QED) is 0.146. The van der Waals surface area contributed by atoms with Gasteiger partial charge in [-0.3, -0.25) is 0 Å². The van der Waals surface area contributed by atoms with E-state index >= 15 is 0 Å². The van der Waals surface area contributed by atoms with E-state index in [2.05, 4.69) is 6.92 Å². The number of unbranched alkanes of at least 4 members (excludes halogenated alkanes) is 8. The van der Waals surface area contributed by atoms with Crippen molar-refractivity contribution in [3.05, 3.63) is 90.2 Å². The van der Waals surface area contributed by atoms with Gasteiger partial charge in [0.05, 0.1) is 0 Å². The highest BCUT2D eigenvalue weighted by Gasteiger charge is 2.52. The van der Waals surface area contributed by atoms with Crippen molar-refractivity contribution in [1.29, 1.82) is 0 Å². The molecule has 0 aliphatic carbocycles. The fraction of sp³-hybridized carbons (Fsp3) is 0.419. The highest BCUT2D eigenvalue weighted by atomic mass is 31.2. The minimum Gasteiger partial charge on any atom is -0.346 e. The minimum atomic E-state index is -2.52. The van der Waals surface area contributed by atoms with Gasteiger partial charge in [-0.15, -0.1) is 0 Å². The number of hydrogen-bond donors (Lipinski definition) is 0. The Kier molecular flexibility index (Phi) is 11.5. The van der Waals surface area contributed by atoms with Crippen molar-refractivity contribution in [1.82, 2.24) is 0 Å². The van der Waals surface area contributed by atoms with Gasteiger partial charge in [0.25, 0.3) is 0 Å². The average Bonchev–Trinajstić information content (AvgIpc) is 2.89. The molecule has 0 heterocycles. The topological polar surface area (TPSA) is 9.23 Å². The van der Waals surface area contributed by atoms with E-state index < -0.39 is 7.26 Å². The van der Waals surface area contributed by atoms with Crippen molar-refractivity contribution in [3.8, 4) is 0 Å². The molecule has 3 aromatic carbocycles. The normalized spacial score (nSPS) is 12.6. The summed E-state index contributed by atoms with van der Waals surface area (Å²) >= 11 is 0. The zero-order valence-electron chi connectivity index (χ0n) is 21.6. The van der Waals surface area contributed by atoms with Crippen molar-refractivity contribution in [2.45, 2.75) is 77.0 Å². The lowest BCUT2D eigenvalue weighted by Crippen LogP contribution is -2.40. The van der Waals surface area contributed by atoms with Crippen molar-refractivity contribution in [2.75, 3.05) is 7.11 Å². The van der Waals surface area contributed by atoms with Crippen LogP contribution in [0, 0.1) is 17.5 Å². The Hall–Kier alpha value is -2.16. The molecule has 0 radical (unpaired) electrons. The molecule has 1 unspecified atom stereocenters. The first-order valence-corrected chi connectivity index (χ1v) is 15.1. The molecule has 3 rings (SSSR count). The number of hydrogen-bond acceptors (Lipinski definition) is 1. The molecule has 0 aliphatic heterocycles. The van der Waals surface area contributed by atoms with E-state index in [1.807, 2.05) is 0 Å². The summed E-state index contributed by atoms with van der Waals surface area (Å²) < 4.78 is 48.1. The van der Waals surface area contributed by atoms with Gasteiger partial charge >= 0.3 is 0 Å². The average molecular weight is 516 g/mol. The van der Waals surface area contributed by atoms with E-state index in [0.29, 0.717) is 0 Å². The fourth-order valence-electron chi connectivity index (χ4n) is 5.07. The molecule has 194 valence electrons. The minimum absolute atomic E-state index is 0.205. The lowest BCUT2D eigenvalue weighted by atomic mass is 10.1. The SMILES string of the molecule is CCCCCCCCCCCC(OC)[P+](c1ccc(F)cc1)(c1ccc(F)cc1)c1ccc(F)cc1. The van der Waals surface area contributed by atoms with E-state index in [0.717, 1.165) is 35.2 Å². The maximum absolute atomic E-state index is 14.0. The second-order valence-electron chi connectivity index (χ2n) is 9.46. The first kappa shape index (κ1) is 28.4. The third-order valence-electron chi connectivity index (χ3n) is 6.96. The van der Waals surface area contributed by atoms with Gasteiger partial charge in [-0.25, -0.2) is 13.2 Å². The smallest absolute Gasteiger partial charge is 0.180 e. The lowest BCUT2D eigenvalue weighted by Gasteiger charge is -2.34. The van der Waals surface area contributed by atoms with Crippen LogP contribution in [0.25, 0.3) is 0 Å². The monoisotopic (exact) mass is 515 g/mol. The van der Waals surface area contributed by atoms with Gasteiger partial charge < -0.3 is 4.74 Å². The Labute approximate surface area is 215 Å². The maximum Gasteiger partial charge on any atom is 0.180 e. The van der Waals surface area contributed by atoms with Crippen LogP contribution in [-0.2, 0) is 4.74 Å². The Morgan fingerprint density at radius 1 is 0.556 bits per heavy atom. The van der Waals surface area contributed by atoms with Gasteiger partial charge in [-0.05, 0) is 79.2 Å². The molecule has 0 N–H and O–H groups in total. The molecule has 0 aromatic heterocycles. The highest BCUT2D eigenvalue weighted by Crippen LogP contribution is 2.61. The molecule has 0 bridgehead atoms. The molecular formula is C31H39F3OP+. The van der Waals surface area contributed by atoms with Crippen LogP contribution in [0.5, 0.6) is 0 Å². The largest absolute Gasteiger partial charge is 0.346 e. The molecule has 0 fully saturated rings. The van der Waals surface area contributed by atoms with Gasteiger partial charge in [0.2, 0.25) is 0 Å². The van der Waals surface area contributed by atoms with E-state index in [4.69, 9.17) is 4.74 Å². The molecule has 0 amide bonds. The standard InChI is InChI=1S/C31H39F3OP/c1-3-4-5-6-7-8-9-10-11-12-31(35-2)36(28-19-13-25(32)14-20-28,29-21-15-26(33)16-22-29)30-23-17-27(34)18-24-30/h13-24,31H,3-12H2,1-2H3/q+1. The molecule has 0 aliphatic rings. The summed E-state index contributed by atoms with van der Waals surface area (Å²) in [6.07, 6.45) is 11.9. The van der Waals surface area contributed by atoms with Gasteiger partial charge in [0, 0.05) is 13.5 Å². The molecule has 1 nitrogen and oxygen atoms in total. The summed E-state index contributed by atoms with van der Waals surface area (Å²) in [5.74, 6) is -1.16. The lowest BCUT2D eigenvalue weighted by molar-refractivity contribution is 0.158. The molecule has 1 atom stereocenters. The molecule has 3 aromatic rings. The van der Waals surface area contributed by atoms with Crippen molar-refractivity contribution < 1.29 is 17.9 Å². The van der Waals surface area contributed by atoms with Gasteiger partial charge in [0.1, 0.15) is 40.6 Å². The van der Waals surface area contributed by atoms with Crippen LogP contribution >= 0.6 is 7.26 Å². The van der Waals surface area contributed by atoms with Crippen LogP contribution in [0.15, 0.2) is 72.8 Å². The molecule has 0 saturated heterocycles. The number of rotatable bonds is 15. The summed E-state index contributed by atoms with van der Waals surface area (Å²) in [6.45, 7) is 2.23. The summed E-state index contributed by atoms with van der Waals surface area (Å²) in [6, 6.07) is 19.6. The van der Waals surface area contributed by atoms with E-state index in [9.17, 15) is 13.2 Å². The second kappa shape index (κ2) is 14.5. The van der Waals surface area contributed by atoms with Crippen LogP contribution in [0.1, 0.15) is 71.1 Å². The summed E-state index contributed by atoms with van der Waals surface area (Å²) in [4.78, 5) is 0. The molecule has 0 saturated carbocycles. The number of halogens is 3. The van der Waals surface area contributed by atoms with E-state index in [1.165, 1.54) is 81.3 Å². The number of benzene rings is 3. The third kappa shape index (κ3) is 7.20. The van der Waals surface area contributed by atoms with E-state index in [-0.39, 0.29) is 23.3 Å². The summed E-state index contributed by atoms with van der Waals surface area (Å²) in [5, 5.41) is 2.81. The second-order valence-corrected chi connectivity index (χ2v) is 13.0. The van der Waals surface area contributed by atoms with Crippen LogP contribution in [0.4, 0.5) is 13.2 Å². The van der Waals surface area contributed by atoms with Crippen molar-refractivity contribution in [3.63, 3.8) is 0 Å². The molecular weight excluding hydrogens is 476 g/mol. The maximum atomic E-state index is 14.0. The van der Waals surface area contributed by atoms with Gasteiger partial charge in [-0.1, -0.05) is 58.3 Å². The van der Waals surface area contributed by atoms with Crippen molar-refractivity contribution >= 4 is 23.2 Å². The Bertz CT molecular complexity index is 908. The Morgan fingerprint density at radius 2 is 0.889 bits per heavy atom. The zero-order valence-corrected chi connectivity index (χ0v) is 22.5. The summed E-state index contributed by atoms with van der Waals surface area (Å²) in [5.41, 5.74) is 0. The van der Waals surface area contributed by atoms with Gasteiger partial charge in [-0.2, -0.15) is 0 Å². The molecule has 36 heavy (non-hydrogen) atoms. The molecule has 0 spiro atoms.